The Morgan fingerprint density at radius 3 is 2.42 bits per heavy atom. The number of piperidine rings is 2. The first-order valence-corrected chi connectivity index (χ1v) is 11.8. The number of likely N-dealkylation sites (tertiary alicyclic amines) is 1. The molecule has 3 fully saturated rings. The number of carbonyl (C=O) groups is 3. The summed E-state index contributed by atoms with van der Waals surface area (Å²) >= 11 is 0. The van der Waals surface area contributed by atoms with Crippen molar-refractivity contribution >= 4 is 23.4 Å². The normalized spacial score (nSPS) is 24.8. The molecule has 3 amide bonds. The molecule has 1 aromatic carbocycles. The first-order chi connectivity index (χ1) is 15.1. The van der Waals surface area contributed by atoms with Crippen molar-refractivity contribution in [2.75, 3.05) is 44.2 Å². The Hall–Kier alpha value is -2.41. The fourth-order valence-electron chi connectivity index (χ4n) is 5.48. The third kappa shape index (κ3) is 3.84. The Bertz CT molecular complexity index is 866. The van der Waals surface area contributed by atoms with Gasteiger partial charge in [0.1, 0.15) is 0 Å². The molecule has 0 aromatic heterocycles. The Morgan fingerprint density at radius 1 is 0.935 bits per heavy atom. The lowest BCUT2D eigenvalue weighted by Gasteiger charge is -2.37. The molecule has 0 N–H and O–H groups in total. The predicted molar refractivity (Wildman–Crippen MR) is 116 cm³/mol. The van der Waals surface area contributed by atoms with E-state index in [0.717, 1.165) is 70.4 Å². The van der Waals surface area contributed by atoms with Crippen LogP contribution in [0.5, 0.6) is 0 Å². The second-order valence-electron chi connectivity index (χ2n) is 9.20. The fourth-order valence-corrected chi connectivity index (χ4v) is 5.48. The predicted octanol–water partition coefficient (Wildman–Crippen LogP) is 2.69. The Kier molecular flexibility index (Phi) is 5.69. The largest absolute Gasteiger partial charge is 0.376 e. The zero-order valence-corrected chi connectivity index (χ0v) is 18.1. The van der Waals surface area contributed by atoms with Crippen LogP contribution in [0.15, 0.2) is 18.2 Å². The van der Waals surface area contributed by atoms with E-state index in [0.29, 0.717) is 30.2 Å². The zero-order chi connectivity index (χ0) is 21.4. The van der Waals surface area contributed by atoms with Gasteiger partial charge in [-0.3, -0.25) is 19.3 Å². The summed E-state index contributed by atoms with van der Waals surface area (Å²) < 4.78 is 5.65. The van der Waals surface area contributed by atoms with Crippen molar-refractivity contribution < 1.29 is 19.1 Å². The number of carbonyl (C=O) groups excluding carboxylic acids is 3. The topological polar surface area (TPSA) is 70.2 Å². The number of rotatable bonds is 4. The second kappa shape index (κ2) is 8.61. The van der Waals surface area contributed by atoms with E-state index < -0.39 is 0 Å². The molecule has 5 rings (SSSR count). The maximum Gasteiger partial charge on any atom is 0.263 e. The van der Waals surface area contributed by atoms with Crippen LogP contribution in [-0.2, 0) is 9.53 Å². The summed E-state index contributed by atoms with van der Waals surface area (Å²) in [5.74, 6) is -0.0591. The number of hydrogen-bond donors (Lipinski definition) is 0. The summed E-state index contributed by atoms with van der Waals surface area (Å²) in [6.07, 6.45) is 6.84. The third-order valence-electron chi connectivity index (χ3n) is 7.24. The van der Waals surface area contributed by atoms with E-state index in [4.69, 9.17) is 4.74 Å². The number of benzene rings is 1. The van der Waals surface area contributed by atoms with Crippen LogP contribution in [0.4, 0.5) is 5.69 Å². The minimum absolute atomic E-state index is 0.0535. The van der Waals surface area contributed by atoms with Gasteiger partial charge in [-0.15, -0.1) is 0 Å². The van der Waals surface area contributed by atoms with Crippen molar-refractivity contribution in [1.29, 1.82) is 0 Å². The molecule has 0 spiro atoms. The lowest BCUT2D eigenvalue weighted by Crippen LogP contribution is -2.44. The first kappa shape index (κ1) is 20.5. The Labute approximate surface area is 183 Å². The molecular weight excluding hydrogens is 394 g/mol. The second-order valence-corrected chi connectivity index (χ2v) is 9.20. The molecule has 7 heteroatoms. The van der Waals surface area contributed by atoms with Crippen LogP contribution in [0.25, 0.3) is 0 Å². The van der Waals surface area contributed by atoms with E-state index in [-0.39, 0.29) is 23.8 Å². The van der Waals surface area contributed by atoms with Gasteiger partial charge in [-0.25, -0.2) is 0 Å². The van der Waals surface area contributed by atoms with Crippen LogP contribution in [0, 0.1) is 5.92 Å². The number of amides is 3. The molecule has 3 saturated heterocycles. The van der Waals surface area contributed by atoms with Gasteiger partial charge in [-0.1, -0.05) is 6.07 Å². The van der Waals surface area contributed by atoms with E-state index in [1.807, 2.05) is 17.0 Å². The van der Waals surface area contributed by atoms with Crippen LogP contribution in [-0.4, -0.2) is 73.0 Å². The van der Waals surface area contributed by atoms with Crippen molar-refractivity contribution in [2.45, 2.75) is 51.0 Å². The maximum absolute atomic E-state index is 13.2. The number of imide groups is 1. The van der Waals surface area contributed by atoms with Crippen molar-refractivity contribution in [1.82, 2.24) is 9.80 Å². The molecule has 4 heterocycles. The van der Waals surface area contributed by atoms with Crippen LogP contribution >= 0.6 is 0 Å². The van der Waals surface area contributed by atoms with Crippen molar-refractivity contribution in [3.05, 3.63) is 29.3 Å². The minimum atomic E-state index is -0.215. The van der Waals surface area contributed by atoms with E-state index >= 15 is 0 Å². The van der Waals surface area contributed by atoms with Gasteiger partial charge in [-0.05, 0) is 57.1 Å². The van der Waals surface area contributed by atoms with Gasteiger partial charge in [0.15, 0.2) is 0 Å². The van der Waals surface area contributed by atoms with Gasteiger partial charge in [0.25, 0.3) is 11.8 Å². The average molecular weight is 426 g/mol. The summed E-state index contributed by atoms with van der Waals surface area (Å²) in [5.41, 5.74) is 1.84. The van der Waals surface area contributed by atoms with Gasteiger partial charge in [0.05, 0.1) is 29.5 Å². The van der Waals surface area contributed by atoms with E-state index in [1.165, 1.54) is 11.3 Å². The average Bonchev–Trinajstić information content (AvgIpc) is 3.42. The summed E-state index contributed by atoms with van der Waals surface area (Å²) in [5, 5.41) is 0. The quantitative estimate of drug-likeness (QED) is 0.694. The maximum atomic E-state index is 13.2. The number of hydrogen-bond acceptors (Lipinski definition) is 5. The smallest absolute Gasteiger partial charge is 0.263 e. The van der Waals surface area contributed by atoms with Crippen molar-refractivity contribution in [2.24, 2.45) is 5.92 Å². The molecule has 0 aliphatic carbocycles. The van der Waals surface area contributed by atoms with Crippen LogP contribution in [0.3, 0.4) is 0 Å². The highest BCUT2D eigenvalue weighted by Crippen LogP contribution is 2.35. The monoisotopic (exact) mass is 425 g/mol. The molecule has 1 unspecified atom stereocenters. The van der Waals surface area contributed by atoms with E-state index in [2.05, 4.69) is 4.90 Å². The first-order valence-electron chi connectivity index (χ1n) is 11.8. The molecule has 0 radical (unpaired) electrons. The molecule has 31 heavy (non-hydrogen) atoms. The highest BCUT2D eigenvalue weighted by Gasteiger charge is 2.40. The molecule has 1 atom stereocenters. The molecule has 0 bridgehead atoms. The van der Waals surface area contributed by atoms with Gasteiger partial charge < -0.3 is 14.5 Å². The number of nitrogens with zero attached hydrogens (tertiary/aromatic N) is 3. The van der Waals surface area contributed by atoms with Crippen molar-refractivity contribution in [3.63, 3.8) is 0 Å². The highest BCUT2D eigenvalue weighted by molar-refractivity contribution is 6.23. The third-order valence-corrected chi connectivity index (χ3v) is 7.24. The molecule has 7 nitrogen and oxygen atoms in total. The van der Waals surface area contributed by atoms with Gasteiger partial charge >= 0.3 is 0 Å². The summed E-state index contributed by atoms with van der Waals surface area (Å²) in [4.78, 5) is 44.6. The van der Waals surface area contributed by atoms with Gasteiger partial charge in [0.2, 0.25) is 5.91 Å². The van der Waals surface area contributed by atoms with Gasteiger partial charge in [0, 0.05) is 38.7 Å². The lowest BCUT2D eigenvalue weighted by molar-refractivity contribution is -0.137. The molecule has 4 aliphatic rings. The fraction of sp³-hybridized carbons (Fsp3) is 0.625. The summed E-state index contributed by atoms with van der Waals surface area (Å²) in [6.45, 7) is 4.27. The SMILES string of the molecule is O=C(C1CCN(c2cccc3c2C(=O)N(CC2CCCO2)C3=O)CC1)N1CCCCC1. The zero-order valence-electron chi connectivity index (χ0n) is 18.1. The number of fused-ring (bicyclic) bond motifs is 1. The summed E-state index contributed by atoms with van der Waals surface area (Å²) in [7, 11) is 0. The molecular formula is C24H31N3O4. The standard InChI is InChI=1S/C24H31N3O4/c28-22(26-11-2-1-3-12-26)17-9-13-25(14-10-17)20-8-4-7-19-21(20)24(30)27(23(19)29)16-18-6-5-15-31-18/h4,7-8,17-18H,1-3,5-6,9-16H2. The minimum Gasteiger partial charge on any atom is -0.376 e. The highest BCUT2D eigenvalue weighted by atomic mass is 16.5. The lowest BCUT2D eigenvalue weighted by atomic mass is 9.93. The van der Waals surface area contributed by atoms with Crippen molar-refractivity contribution in [3.8, 4) is 0 Å². The number of ether oxygens (including phenoxy) is 1. The molecule has 1 aromatic rings. The van der Waals surface area contributed by atoms with Crippen LogP contribution in [0.2, 0.25) is 0 Å². The van der Waals surface area contributed by atoms with Crippen LogP contribution in [0.1, 0.15) is 65.7 Å². The van der Waals surface area contributed by atoms with Crippen LogP contribution < -0.4 is 4.90 Å². The molecule has 4 aliphatic heterocycles. The van der Waals surface area contributed by atoms with E-state index in [9.17, 15) is 14.4 Å². The number of anilines is 1. The Balaban J connectivity index is 1.28. The summed E-state index contributed by atoms with van der Waals surface area (Å²) in [6, 6.07) is 5.55. The van der Waals surface area contributed by atoms with E-state index in [1.54, 1.807) is 6.07 Å². The van der Waals surface area contributed by atoms with Gasteiger partial charge in [-0.2, -0.15) is 0 Å². The molecule has 0 saturated carbocycles. The molecule has 166 valence electrons. The Morgan fingerprint density at radius 2 is 1.71 bits per heavy atom.